The molecule has 0 bridgehead atoms. The van der Waals surface area contributed by atoms with E-state index in [1.165, 1.54) is 0 Å². The number of carbonyl (C=O) groups is 1. The Morgan fingerprint density at radius 2 is 2.10 bits per heavy atom. The van der Waals surface area contributed by atoms with Crippen molar-refractivity contribution in [2.75, 3.05) is 18.2 Å². The van der Waals surface area contributed by atoms with Crippen molar-refractivity contribution in [1.82, 2.24) is 0 Å². The fraction of sp³-hybridized carbons (Fsp3) is 0.500. The molecule has 6 heteroatoms. The fourth-order valence-electron chi connectivity index (χ4n) is 1.63. The molecule has 3 unspecified atom stereocenters. The van der Waals surface area contributed by atoms with Crippen LogP contribution in [0.3, 0.4) is 0 Å². The maximum Gasteiger partial charge on any atom is 0.239 e. The summed E-state index contributed by atoms with van der Waals surface area (Å²) in [5.74, 6) is 0.331. The zero-order valence-corrected chi connectivity index (χ0v) is 13.1. The number of amides is 1. The Morgan fingerprint density at radius 3 is 2.60 bits per heavy atom. The molecule has 0 aliphatic carbocycles. The van der Waals surface area contributed by atoms with Crippen molar-refractivity contribution in [2.45, 2.75) is 37.7 Å². The Balaban J connectivity index is 2.78. The summed E-state index contributed by atoms with van der Waals surface area (Å²) in [5, 5.41) is 2.12. The zero-order chi connectivity index (χ0) is 15.3. The SMILES string of the molecule is CCC(C)S(=O)C(C)C(=O)Nc1ccc(OC)cc1N. The summed E-state index contributed by atoms with van der Waals surface area (Å²) >= 11 is 0. The molecule has 20 heavy (non-hydrogen) atoms. The summed E-state index contributed by atoms with van der Waals surface area (Å²) in [4.78, 5) is 12.1. The van der Waals surface area contributed by atoms with Crippen LogP contribution in [0.15, 0.2) is 18.2 Å². The van der Waals surface area contributed by atoms with Crippen molar-refractivity contribution in [2.24, 2.45) is 0 Å². The van der Waals surface area contributed by atoms with Gasteiger partial charge in [0.25, 0.3) is 0 Å². The molecule has 5 nitrogen and oxygen atoms in total. The Labute approximate surface area is 122 Å². The molecule has 0 fully saturated rings. The quantitative estimate of drug-likeness (QED) is 0.788. The number of nitrogens with one attached hydrogen (secondary N) is 1. The van der Waals surface area contributed by atoms with Crippen LogP contribution < -0.4 is 15.8 Å². The summed E-state index contributed by atoms with van der Waals surface area (Å²) < 4.78 is 17.1. The van der Waals surface area contributed by atoms with Crippen LogP contribution in [-0.4, -0.2) is 27.7 Å². The summed E-state index contributed by atoms with van der Waals surface area (Å²) in [6, 6.07) is 5.01. The predicted molar refractivity (Wildman–Crippen MR) is 83.4 cm³/mol. The van der Waals surface area contributed by atoms with Crippen molar-refractivity contribution in [3.63, 3.8) is 0 Å². The van der Waals surface area contributed by atoms with Crippen molar-refractivity contribution in [3.8, 4) is 5.75 Å². The molecule has 0 saturated heterocycles. The van der Waals surface area contributed by atoms with Crippen molar-refractivity contribution in [1.29, 1.82) is 0 Å². The molecule has 3 atom stereocenters. The normalized spacial score (nSPS) is 15.2. The minimum Gasteiger partial charge on any atom is -0.497 e. The number of hydrogen-bond acceptors (Lipinski definition) is 4. The fourth-order valence-corrected chi connectivity index (χ4v) is 2.93. The van der Waals surface area contributed by atoms with Gasteiger partial charge in [-0.3, -0.25) is 9.00 Å². The van der Waals surface area contributed by atoms with Crippen LogP contribution in [0, 0.1) is 0 Å². The highest BCUT2D eigenvalue weighted by Crippen LogP contribution is 2.24. The number of ether oxygens (including phenoxy) is 1. The maximum atomic E-state index is 12.1. The lowest BCUT2D eigenvalue weighted by atomic mass is 10.2. The molecule has 1 amide bonds. The van der Waals surface area contributed by atoms with Gasteiger partial charge < -0.3 is 15.8 Å². The van der Waals surface area contributed by atoms with Crippen LogP contribution >= 0.6 is 0 Å². The van der Waals surface area contributed by atoms with E-state index < -0.39 is 16.0 Å². The zero-order valence-electron chi connectivity index (χ0n) is 12.3. The van der Waals surface area contributed by atoms with E-state index in [4.69, 9.17) is 10.5 Å². The number of hydrogen-bond donors (Lipinski definition) is 2. The number of benzene rings is 1. The summed E-state index contributed by atoms with van der Waals surface area (Å²) in [6.45, 7) is 5.49. The van der Waals surface area contributed by atoms with Gasteiger partial charge in [-0.25, -0.2) is 0 Å². The standard InChI is InChI=1S/C14H22N2O3S/c1-5-9(2)20(18)10(3)14(17)16-13-7-6-11(19-4)8-12(13)15/h6-10H,5,15H2,1-4H3,(H,16,17). The second kappa shape index (κ2) is 7.28. The Bertz CT molecular complexity index is 505. The molecule has 0 heterocycles. The maximum absolute atomic E-state index is 12.1. The minimum atomic E-state index is -1.20. The van der Waals surface area contributed by atoms with Gasteiger partial charge in [0.1, 0.15) is 11.0 Å². The molecular weight excluding hydrogens is 276 g/mol. The van der Waals surface area contributed by atoms with Gasteiger partial charge in [0, 0.05) is 22.1 Å². The van der Waals surface area contributed by atoms with Gasteiger partial charge >= 0.3 is 0 Å². The third kappa shape index (κ3) is 3.96. The second-order valence-corrected chi connectivity index (χ2v) is 6.80. The first-order valence-corrected chi connectivity index (χ1v) is 7.82. The van der Waals surface area contributed by atoms with Crippen LogP contribution in [0.25, 0.3) is 0 Å². The van der Waals surface area contributed by atoms with E-state index >= 15 is 0 Å². The summed E-state index contributed by atoms with van der Waals surface area (Å²) in [6.07, 6.45) is 0.773. The van der Waals surface area contributed by atoms with Gasteiger partial charge in [-0.15, -0.1) is 0 Å². The first-order valence-electron chi connectivity index (χ1n) is 6.54. The van der Waals surface area contributed by atoms with Crippen molar-refractivity contribution < 1.29 is 13.7 Å². The smallest absolute Gasteiger partial charge is 0.239 e. The van der Waals surface area contributed by atoms with E-state index in [1.807, 2.05) is 13.8 Å². The number of nitrogen functional groups attached to an aromatic ring is 1. The average Bonchev–Trinajstić information content (AvgIpc) is 2.46. The predicted octanol–water partition coefficient (Wildman–Crippen LogP) is 2.15. The first-order chi connectivity index (χ1) is 9.40. The number of nitrogens with two attached hydrogens (primary N) is 1. The van der Waals surface area contributed by atoms with E-state index in [-0.39, 0.29) is 11.2 Å². The molecule has 0 radical (unpaired) electrons. The second-order valence-electron chi connectivity index (χ2n) is 4.63. The number of methoxy groups -OCH3 is 1. The van der Waals surface area contributed by atoms with E-state index in [2.05, 4.69) is 5.32 Å². The molecule has 1 rings (SSSR count). The molecule has 0 saturated carbocycles. The van der Waals surface area contributed by atoms with Gasteiger partial charge in [0.2, 0.25) is 5.91 Å². The summed E-state index contributed by atoms with van der Waals surface area (Å²) in [7, 11) is 0.343. The third-order valence-corrected chi connectivity index (χ3v) is 5.24. The molecule has 0 aromatic heterocycles. The van der Waals surface area contributed by atoms with Gasteiger partial charge in [0.05, 0.1) is 18.5 Å². The topological polar surface area (TPSA) is 81.4 Å². The average molecular weight is 298 g/mol. The molecule has 0 aliphatic rings. The molecular formula is C14H22N2O3S. The highest BCUT2D eigenvalue weighted by Gasteiger charge is 2.24. The highest BCUT2D eigenvalue weighted by molar-refractivity contribution is 7.87. The molecule has 0 aliphatic heterocycles. The van der Waals surface area contributed by atoms with Crippen LogP contribution in [0.1, 0.15) is 27.2 Å². The van der Waals surface area contributed by atoms with E-state index in [0.29, 0.717) is 17.1 Å². The number of anilines is 2. The molecule has 1 aromatic carbocycles. The van der Waals surface area contributed by atoms with E-state index in [9.17, 15) is 9.00 Å². The lowest BCUT2D eigenvalue weighted by Crippen LogP contribution is -2.33. The lowest BCUT2D eigenvalue weighted by Gasteiger charge is -2.17. The van der Waals surface area contributed by atoms with Gasteiger partial charge in [-0.05, 0) is 25.5 Å². The van der Waals surface area contributed by atoms with Crippen LogP contribution in [-0.2, 0) is 15.6 Å². The van der Waals surface area contributed by atoms with Gasteiger partial charge in [-0.1, -0.05) is 13.8 Å². The van der Waals surface area contributed by atoms with Gasteiger partial charge in [0.15, 0.2) is 0 Å². The molecule has 112 valence electrons. The Hall–Kier alpha value is -1.56. The van der Waals surface area contributed by atoms with E-state index in [1.54, 1.807) is 32.2 Å². The monoisotopic (exact) mass is 298 g/mol. The van der Waals surface area contributed by atoms with Crippen LogP contribution in [0.4, 0.5) is 11.4 Å². The van der Waals surface area contributed by atoms with Gasteiger partial charge in [-0.2, -0.15) is 0 Å². The first kappa shape index (κ1) is 16.5. The lowest BCUT2D eigenvalue weighted by molar-refractivity contribution is -0.115. The van der Waals surface area contributed by atoms with Crippen LogP contribution in [0.5, 0.6) is 5.75 Å². The molecule has 0 spiro atoms. The largest absolute Gasteiger partial charge is 0.497 e. The minimum absolute atomic E-state index is 0.0102. The Morgan fingerprint density at radius 1 is 1.45 bits per heavy atom. The highest BCUT2D eigenvalue weighted by atomic mass is 32.2. The third-order valence-electron chi connectivity index (χ3n) is 3.21. The molecule has 3 N–H and O–H groups in total. The Kier molecular flexibility index (Phi) is 6.01. The number of carbonyl (C=O) groups excluding carboxylic acids is 1. The summed E-state index contributed by atoms with van der Waals surface area (Å²) in [5.41, 5.74) is 6.76. The molecule has 1 aromatic rings. The number of rotatable bonds is 6. The van der Waals surface area contributed by atoms with Crippen molar-refractivity contribution >= 4 is 28.1 Å². The van der Waals surface area contributed by atoms with E-state index in [0.717, 1.165) is 6.42 Å². The van der Waals surface area contributed by atoms with Crippen LogP contribution in [0.2, 0.25) is 0 Å². The van der Waals surface area contributed by atoms with Crippen molar-refractivity contribution in [3.05, 3.63) is 18.2 Å².